The van der Waals surface area contributed by atoms with Gasteiger partial charge in [0.15, 0.2) is 5.82 Å². The molecular formula is C14H12FN3OS. The van der Waals surface area contributed by atoms with Crippen molar-refractivity contribution in [2.45, 2.75) is 13.8 Å². The van der Waals surface area contributed by atoms with E-state index in [0.717, 1.165) is 21.3 Å². The largest absolute Gasteiger partial charge is 0.304 e. The Labute approximate surface area is 118 Å². The first-order valence-corrected chi connectivity index (χ1v) is 6.88. The minimum atomic E-state index is -0.301. The molecule has 1 aromatic carbocycles. The van der Waals surface area contributed by atoms with E-state index in [4.69, 9.17) is 0 Å². The van der Waals surface area contributed by atoms with Crippen LogP contribution in [0.15, 0.2) is 24.3 Å². The van der Waals surface area contributed by atoms with Crippen LogP contribution in [0.5, 0.6) is 0 Å². The Morgan fingerprint density at radius 2 is 2.15 bits per heavy atom. The van der Waals surface area contributed by atoms with E-state index in [1.807, 2.05) is 13.8 Å². The van der Waals surface area contributed by atoms with Gasteiger partial charge in [-0.15, -0.1) is 11.3 Å². The molecule has 2 N–H and O–H groups in total. The highest BCUT2D eigenvalue weighted by molar-refractivity contribution is 7.20. The maximum atomic E-state index is 13.1. The number of aromatic amines is 1. The number of nitrogens with zero attached hydrogens (tertiary/aromatic N) is 1. The Hall–Kier alpha value is -2.21. The quantitative estimate of drug-likeness (QED) is 0.757. The standard InChI is InChI=1S/C14H12FN3OS/c1-7-8(2)17-18-13(7)16-14(19)12-5-9-3-4-10(15)6-11(9)20-12/h3-6H,1-2H3,(H2,16,17,18,19). The number of H-pyrrole nitrogens is 1. The summed E-state index contributed by atoms with van der Waals surface area (Å²) in [7, 11) is 0. The Morgan fingerprint density at radius 3 is 2.85 bits per heavy atom. The monoisotopic (exact) mass is 289 g/mol. The van der Waals surface area contributed by atoms with Gasteiger partial charge in [0, 0.05) is 16.0 Å². The number of hydrogen-bond donors (Lipinski definition) is 2. The maximum Gasteiger partial charge on any atom is 0.266 e. The van der Waals surface area contributed by atoms with Gasteiger partial charge in [-0.05, 0) is 37.4 Å². The molecule has 0 saturated carbocycles. The number of carbonyl (C=O) groups excluding carboxylic acids is 1. The highest BCUT2D eigenvalue weighted by atomic mass is 32.1. The van der Waals surface area contributed by atoms with E-state index in [1.165, 1.54) is 23.5 Å². The SMILES string of the molecule is Cc1[nH]nc(NC(=O)c2cc3ccc(F)cc3s2)c1C. The number of benzene rings is 1. The van der Waals surface area contributed by atoms with Crippen LogP contribution < -0.4 is 5.32 Å². The first-order valence-electron chi connectivity index (χ1n) is 6.06. The minimum Gasteiger partial charge on any atom is -0.304 e. The van der Waals surface area contributed by atoms with E-state index >= 15 is 0 Å². The highest BCUT2D eigenvalue weighted by Gasteiger charge is 2.14. The van der Waals surface area contributed by atoms with Crippen molar-refractivity contribution in [2.75, 3.05) is 5.32 Å². The van der Waals surface area contributed by atoms with Crippen LogP contribution in [-0.2, 0) is 0 Å². The molecule has 0 radical (unpaired) electrons. The molecule has 0 bridgehead atoms. The van der Waals surface area contributed by atoms with Gasteiger partial charge in [0.25, 0.3) is 5.91 Å². The normalized spacial score (nSPS) is 10.9. The average Bonchev–Trinajstić information content (AvgIpc) is 2.96. The summed E-state index contributed by atoms with van der Waals surface area (Å²) in [5.74, 6) is -0.0116. The molecule has 2 heterocycles. The molecule has 0 aliphatic carbocycles. The number of nitrogens with one attached hydrogen (secondary N) is 2. The van der Waals surface area contributed by atoms with Crippen molar-refractivity contribution in [3.8, 4) is 0 Å². The molecular weight excluding hydrogens is 277 g/mol. The number of thiophene rings is 1. The number of aryl methyl sites for hydroxylation is 1. The predicted molar refractivity (Wildman–Crippen MR) is 77.8 cm³/mol. The van der Waals surface area contributed by atoms with Gasteiger partial charge in [0.1, 0.15) is 5.82 Å². The molecule has 0 spiro atoms. The van der Waals surface area contributed by atoms with Crippen molar-refractivity contribution in [3.63, 3.8) is 0 Å². The number of aromatic nitrogens is 2. The van der Waals surface area contributed by atoms with Crippen LogP contribution in [-0.4, -0.2) is 16.1 Å². The van der Waals surface area contributed by atoms with Crippen molar-refractivity contribution in [1.82, 2.24) is 10.2 Å². The molecule has 2 aromatic heterocycles. The second-order valence-electron chi connectivity index (χ2n) is 4.57. The fourth-order valence-electron chi connectivity index (χ4n) is 1.89. The third-order valence-electron chi connectivity index (χ3n) is 3.19. The van der Waals surface area contributed by atoms with Crippen LogP contribution in [0, 0.1) is 19.7 Å². The molecule has 0 saturated heterocycles. The number of hydrogen-bond acceptors (Lipinski definition) is 3. The molecule has 3 aromatic rings. The lowest BCUT2D eigenvalue weighted by atomic mass is 10.2. The Morgan fingerprint density at radius 1 is 1.35 bits per heavy atom. The zero-order valence-electron chi connectivity index (χ0n) is 11.0. The van der Waals surface area contributed by atoms with E-state index in [2.05, 4.69) is 15.5 Å². The number of amides is 1. The van der Waals surface area contributed by atoms with Crippen LogP contribution in [0.3, 0.4) is 0 Å². The van der Waals surface area contributed by atoms with E-state index in [0.29, 0.717) is 10.7 Å². The number of halogens is 1. The van der Waals surface area contributed by atoms with Gasteiger partial charge in [-0.1, -0.05) is 6.07 Å². The van der Waals surface area contributed by atoms with Crippen molar-refractivity contribution in [2.24, 2.45) is 0 Å². The van der Waals surface area contributed by atoms with Crippen LogP contribution in [0.25, 0.3) is 10.1 Å². The highest BCUT2D eigenvalue weighted by Crippen LogP contribution is 2.27. The summed E-state index contributed by atoms with van der Waals surface area (Å²) < 4.78 is 13.9. The molecule has 1 amide bonds. The smallest absolute Gasteiger partial charge is 0.266 e. The van der Waals surface area contributed by atoms with Gasteiger partial charge < -0.3 is 5.32 Å². The Kier molecular flexibility index (Phi) is 3.02. The van der Waals surface area contributed by atoms with Crippen molar-refractivity contribution in [1.29, 1.82) is 0 Å². The average molecular weight is 289 g/mol. The van der Waals surface area contributed by atoms with E-state index < -0.39 is 0 Å². The summed E-state index contributed by atoms with van der Waals surface area (Å²) in [4.78, 5) is 12.7. The number of rotatable bonds is 2. The molecule has 0 aliphatic rings. The third-order valence-corrected chi connectivity index (χ3v) is 4.29. The zero-order chi connectivity index (χ0) is 14.3. The first kappa shape index (κ1) is 12.8. The van der Waals surface area contributed by atoms with Gasteiger partial charge >= 0.3 is 0 Å². The molecule has 4 nitrogen and oxygen atoms in total. The molecule has 20 heavy (non-hydrogen) atoms. The molecule has 6 heteroatoms. The Balaban J connectivity index is 1.90. The molecule has 0 aliphatic heterocycles. The van der Waals surface area contributed by atoms with Crippen LogP contribution in [0.2, 0.25) is 0 Å². The fourth-order valence-corrected chi connectivity index (χ4v) is 2.88. The van der Waals surface area contributed by atoms with E-state index in [-0.39, 0.29) is 11.7 Å². The lowest BCUT2D eigenvalue weighted by Gasteiger charge is -2.00. The molecule has 3 rings (SSSR count). The number of fused-ring (bicyclic) bond motifs is 1. The molecule has 0 fully saturated rings. The van der Waals surface area contributed by atoms with Gasteiger partial charge in [-0.25, -0.2) is 4.39 Å². The second kappa shape index (κ2) is 4.72. The van der Waals surface area contributed by atoms with Gasteiger partial charge in [0.05, 0.1) is 4.88 Å². The van der Waals surface area contributed by atoms with Crippen molar-refractivity contribution >= 4 is 33.1 Å². The minimum absolute atomic E-state index is 0.235. The number of anilines is 1. The summed E-state index contributed by atoms with van der Waals surface area (Å²) >= 11 is 1.26. The molecule has 102 valence electrons. The maximum absolute atomic E-state index is 13.1. The fraction of sp³-hybridized carbons (Fsp3) is 0.143. The van der Waals surface area contributed by atoms with Crippen LogP contribution in [0.1, 0.15) is 20.9 Å². The van der Waals surface area contributed by atoms with Gasteiger partial charge in [0.2, 0.25) is 0 Å². The summed E-state index contributed by atoms with van der Waals surface area (Å²) in [5, 5.41) is 10.5. The second-order valence-corrected chi connectivity index (χ2v) is 5.65. The van der Waals surface area contributed by atoms with E-state index in [1.54, 1.807) is 12.1 Å². The van der Waals surface area contributed by atoms with E-state index in [9.17, 15) is 9.18 Å². The first-order chi connectivity index (χ1) is 9.54. The summed E-state index contributed by atoms with van der Waals surface area (Å²) in [5.41, 5.74) is 1.82. The van der Waals surface area contributed by atoms with Crippen LogP contribution >= 0.6 is 11.3 Å². The van der Waals surface area contributed by atoms with Gasteiger partial charge in [-0.2, -0.15) is 5.10 Å². The summed E-state index contributed by atoms with van der Waals surface area (Å²) in [6.07, 6.45) is 0. The van der Waals surface area contributed by atoms with Crippen LogP contribution in [0.4, 0.5) is 10.2 Å². The number of carbonyl (C=O) groups is 1. The molecule has 0 unspecified atom stereocenters. The summed E-state index contributed by atoms with van der Waals surface area (Å²) in [6, 6.07) is 6.24. The van der Waals surface area contributed by atoms with Crippen molar-refractivity contribution < 1.29 is 9.18 Å². The zero-order valence-corrected chi connectivity index (χ0v) is 11.8. The van der Waals surface area contributed by atoms with Crippen molar-refractivity contribution in [3.05, 3.63) is 46.2 Å². The molecule has 0 atom stereocenters. The Bertz CT molecular complexity index is 806. The van der Waals surface area contributed by atoms with Gasteiger partial charge in [-0.3, -0.25) is 9.89 Å². The topological polar surface area (TPSA) is 57.8 Å². The lowest BCUT2D eigenvalue weighted by molar-refractivity contribution is 0.103. The predicted octanol–water partition coefficient (Wildman–Crippen LogP) is 3.63. The third kappa shape index (κ3) is 2.18. The lowest BCUT2D eigenvalue weighted by Crippen LogP contribution is -2.11. The summed E-state index contributed by atoms with van der Waals surface area (Å²) in [6.45, 7) is 3.77.